The summed E-state index contributed by atoms with van der Waals surface area (Å²) in [6, 6.07) is 2.25. The lowest BCUT2D eigenvalue weighted by Gasteiger charge is -2.09. The van der Waals surface area contributed by atoms with E-state index in [1.54, 1.807) is 6.92 Å². The number of rotatable bonds is 7. The second-order valence-electron chi connectivity index (χ2n) is 4.09. The van der Waals surface area contributed by atoms with Crippen LogP contribution in [0.1, 0.15) is 18.9 Å². The van der Waals surface area contributed by atoms with Crippen molar-refractivity contribution in [2.45, 2.75) is 25.2 Å². The molecule has 0 bridgehead atoms. The SMILES string of the molecule is CCOCCCNS(=O)(=O)c1cc(N)c(C)cc1F. The first-order valence-electron chi connectivity index (χ1n) is 6.01. The molecule has 3 N–H and O–H groups in total. The van der Waals surface area contributed by atoms with Crippen molar-refractivity contribution in [3.05, 3.63) is 23.5 Å². The fourth-order valence-corrected chi connectivity index (χ4v) is 2.64. The number of ether oxygens (including phenoxy) is 1. The summed E-state index contributed by atoms with van der Waals surface area (Å²) >= 11 is 0. The van der Waals surface area contributed by atoms with Crippen LogP contribution in [0.5, 0.6) is 0 Å². The summed E-state index contributed by atoms with van der Waals surface area (Å²) in [6.07, 6.45) is 0.524. The Hall–Kier alpha value is -1.18. The van der Waals surface area contributed by atoms with Crippen molar-refractivity contribution < 1.29 is 17.5 Å². The van der Waals surface area contributed by atoms with Crippen LogP contribution in [-0.4, -0.2) is 28.2 Å². The number of benzene rings is 1. The molecule has 1 aromatic rings. The molecule has 5 nitrogen and oxygen atoms in total. The van der Waals surface area contributed by atoms with Crippen molar-refractivity contribution in [2.24, 2.45) is 0 Å². The third kappa shape index (κ3) is 4.45. The van der Waals surface area contributed by atoms with Gasteiger partial charge in [-0.15, -0.1) is 0 Å². The van der Waals surface area contributed by atoms with E-state index in [1.165, 1.54) is 0 Å². The molecule has 0 amide bonds. The predicted octanol–water partition coefficient (Wildman–Crippen LogP) is 1.42. The van der Waals surface area contributed by atoms with Crippen LogP contribution in [0.25, 0.3) is 0 Å². The van der Waals surface area contributed by atoms with Crippen LogP contribution in [0, 0.1) is 12.7 Å². The van der Waals surface area contributed by atoms with Gasteiger partial charge >= 0.3 is 0 Å². The standard InChI is InChI=1S/C12H19FN2O3S/c1-3-18-6-4-5-15-19(16,17)12-8-11(14)9(2)7-10(12)13/h7-8,15H,3-6,14H2,1-2H3. The van der Waals surface area contributed by atoms with Crippen molar-refractivity contribution in [3.8, 4) is 0 Å². The van der Waals surface area contributed by atoms with Gasteiger partial charge in [-0.3, -0.25) is 0 Å². The molecule has 0 atom stereocenters. The van der Waals surface area contributed by atoms with E-state index in [1.807, 2.05) is 6.92 Å². The number of aryl methyl sites for hydroxylation is 1. The third-order valence-corrected chi connectivity index (χ3v) is 4.05. The zero-order chi connectivity index (χ0) is 14.5. The predicted molar refractivity (Wildman–Crippen MR) is 71.8 cm³/mol. The third-order valence-electron chi connectivity index (χ3n) is 2.57. The van der Waals surface area contributed by atoms with Gasteiger partial charge in [-0.25, -0.2) is 17.5 Å². The summed E-state index contributed by atoms with van der Waals surface area (Å²) in [5.74, 6) is -0.802. The first kappa shape index (κ1) is 15.9. The molecular formula is C12H19FN2O3S. The Balaban J connectivity index is 2.75. The highest BCUT2D eigenvalue weighted by Gasteiger charge is 2.19. The second kappa shape index (κ2) is 6.83. The zero-order valence-electron chi connectivity index (χ0n) is 11.1. The molecule has 0 radical (unpaired) electrons. The van der Waals surface area contributed by atoms with Crippen molar-refractivity contribution >= 4 is 15.7 Å². The van der Waals surface area contributed by atoms with E-state index in [0.29, 0.717) is 25.2 Å². The van der Waals surface area contributed by atoms with E-state index in [0.717, 1.165) is 12.1 Å². The molecule has 1 rings (SSSR count). The van der Waals surface area contributed by atoms with Gasteiger partial charge in [-0.05, 0) is 38.0 Å². The molecule has 0 fully saturated rings. The number of hydrogen-bond acceptors (Lipinski definition) is 4. The first-order chi connectivity index (χ1) is 8.88. The van der Waals surface area contributed by atoms with E-state index in [4.69, 9.17) is 10.5 Å². The molecule has 0 saturated heterocycles. The minimum absolute atomic E-state index is 0.190. The summed E-state index contributed by atoms with van der Waals surface area (Å²) < 4.78 is 44.9. The molecule has 0 spiro atoms. The van der Waals surface area contributed by atoms with Crippen LogP contribution in [0.3, 0.4) is 0 Å². The van der Waals surface area contributed by atoms with Crippen LogP contribution in [0.2, 0.25) is 0 Å². The highest BCUT2D eigenvalue weighted by atomic mass is 32.2. The lowest BCUT2D eigenvalue weighted by molar-refractivity contribution is 0.146. The molecule has 108 valence electrons. The Morgan fingerprint density at radius 2 is 2.11 bits per heavy atom. The Morgan fingerprint density at radius 1 is 1.42 bits per heavy atom. The van der Waals surface area contributed by atoms with E-state index in [-0.39, 0.29) is 12.2 Å². The number of halogens is 1. The molecular weight excluding hydrogens is 271 g/mol. The van der Waals surface area contributed by atoms with E-state index in [9.17, 15) is 12.8 Å². The Labute approximate surface area is 113 Å². The molecule has 1 aromatic carbocycles. The number of nitrogen functional groups attached to an aromatic ring is 1. The van der Waals surface area contributed by atoms with Gasteiger partial charge in [0.1, 0.15) is 10.7 Å². The first-order valence-corrected chi connectivity index (χ1v) is 7.50. The van der Waals surface area contributed by atoms with Crippen LogP contribution in [-0.2, 0) is 14.8 Å². The summed E-state index contributed by atoms with van der Waals surface area (Å²) in [6.45, 7) is 4.70. The minimum Gasteiger partial charge on any atom is -0.398 e. The largest absolute Gasteiger partial charge is 0.398 e. The topological polar surface area (TPSA) is 81.4 Å². The fourth-order valence-electron chi connectivity index (χ4n) is 1.48. The van der Waals surface area contributed by atoms with Gasteiger partial charge in [0.15, 0.2) is 0 Å². The van der Waals surface area contributed by atoms with E-state index >= 15 is 0 Å². The number of sulfonamides is 1. The molecule has 0 aliphatic heterocycles. The molecule has 0 aliphatic rings. The highest BCUT2D eigenvalue weighted by Crippen LogP contribution is 2.21. The Morgan fingerprint density at radius 3 is 2.74 bits per heavy atom. The highest BCUT2D eigenvalue weighted by molar-refractivity contribution is 7.89. The number of anilines is 1. The van der Waals surface area contributed by atoms with Gasteiger partial charge in [-0.1, -0.05) is 0 Å². The molecule has 0 unspecified atom stereocenters. The van der Waals surface area contributed by atoms with Crippen LogP contribution < -0.4 is 10.5 Å². The molecule has 0 aliphatic carbocycles. The molecule has 7 heteroatoms. The van der Waals surface area contributed by atoms with E-state index < -0.39 is 20.7 Å². The van der Waals surface area contributed by atoms with Gasteiger partial charge in [0.25, 0.3) is 0 Å². The van der Waals surface area contributed by atoms with Crippen LogP contribution in [0.15, 0.2) is 17.0 Å². The monoisotopic (exact) mass is 290 g/mol. The maximum atomic E-state index is 13.7. The molecule has 0 aromatic heterocycles. The van der Waals surface area contributed by atoms with Gasteiger partial charge in [0.2, 0.25) is 10.0 Å². The lowest BCUT2D eigenvalue weighted by atomic mass is 10.2. The van der Waals surface area contributed by atoms with Gasteiger partial charge in [-0.2, -0.15) is 0 Å². The maximum absolute atomic E-state index is 13.7. The second-order valence-corrected chi connectivity index (χ2v) is 5.82. The summed E-state index contributed by atoms with van der Waals surface area (Å²) in [7, 11) is -3.88. The smallest absolute Gasteiger partial charge is 0.243 e. The quantitative estimate of drug-likeness (QED) is 0.588. The fraction of sp³-hybridized carbons (Fsp3) is 0.500. The molecule has 0 heterocycles. The lowest BCUT2D eigenvalue weighted by Crippen LogP contribution is -2.26. The normalized spacial score (nSPS) is 11.7. The van der Waals surface area contributed by atoms with Crippen LogP contribution in [0.4, 0.5) is 10.1 Å². The maximum Gasteiger partial charge on any atom is 0.243 e. The van der Waals surface area contributed by atoms with Crippen molar-refractivity contribution in [1.29, 1.82) is 0 Å². The number of hydrogen-bond donors (Lipinski definition) is 2. The Bertz CT molecular complexity index is 532. The average Bonchev–Trinajstić information content (AvgIpc) is 2.33. The van der Waals surface area contributed by atoms with Crippen molar-refractivity contribution in [2.75, 3.05) is 25.5 Å². The summed E-state index contributed by atoms with van der Waals surface area (Å²) in [4.78, 5) is -0.424. The van der Waals surface area contributed by atoms with Gasteiger partial charge in [0, 0.05) is 25.4 Å². The van der Waals surface area contributed by atoms with Crippen molar-refractivity contribution in [1.82, 2.24) is 4.72 Å². The van der Waals surface area contributed by atoms with Crippen LogP contribution >= 0.6 is 0 Å². The van der Waals surface area contributed by atoms with E-state index in [2.05, 4.69) is 4.72 Å². The van der Waals surface area contributed by atoms with Crippen molar-refractivity contribution in [3.63, 3.8) is 0 Å². The minimum atomic E-state index is -3.88. The number of nitrogens with two attached hydrogens (primary N) is 1. The average molecular weight is 290 g/mol. The summed E-state index contributed by atoms with van der Waals surface area (Å²) in [5, 5.41) is 0. The zero-order valence-corrected chi connectivity index (χ0v) is 11.9. The molecule has 19 heavy (non-hydrogen) atoms. The summed E-state index contributed by atoms with van der Waals surface area (Å²) in [5.41, 5.74) is 6.36. The number of nitrogens with one attached hydrogen (secondary N) is 1. The molecule has 0 saturated carbocycles. The van der Waals surface area contributed by atoms with Gasteiger partial charge in [0.05, 0.1) is 0 Å². The Kier molecular flexibility index (Phi) is 5.71. The van der Waals surface area contributed by atoms with Gasteiger partial charge < -0.3 is 10.5 Å².